The molecule has 0 aromatic heterocycles. The molecule has 1 saturated carbocycles. The summed E-state index contributed by atoms with van der Waals surface area (Å²) in [6, 6.07) is 4.60. The lowest BCUT2D eigenvalue weighted by Gasteiger charge is -2.37. The summed E-state index contributed by atoms with van der Waals surface area (Å²) in [4.78, 5) is 2.48. The van der Waals surface area contributed by atoms with Gasteiger partial charge in [-0.3, -0.25) is 0 Å². The zero-order chi connectivity index (χ0) is 24.0. The van der Waals surface area contributed by atoms with Crippen molar-refractivity contribution in [3.63, 3.8) is 0 Å². The van der Waals surface area contributed by atoms with Crippen molar-refractivity contribution in [2.24, 2.45) is 11.8 Å². The minimum absolute atomic E-state index is 0.0391. The van der Waals surface area contributed by atoms with E-state index in [1.807, 2.05) is 6.92 Å². The second-order valence-corrected chi connectivity index (χ2v) is 11.7. The van der Waals surface area contributed by atoms with Crippen LogP contribution in [0.1, 0.15) is 64.9 Å². The average molecular weight is 477 g/mol. The summed E-state index contributed by atoms with van der Waals surface area (Å²) in [5, 5.41) is 9.79. The van der Waals surface area contributed by atoms with E-state index in [1.54, 1.807) is 25.1 Å². The largest absolute Gasteiger partial charge is 0.487 e. The zero-order valence-electron chi connectivity index (χ0n) is 20.6. The third-order valence-electron chi connectivity index (χ3n) is 6.81. The number of unbranched alkanes of at least 4 members (excludes halogenated alkanes) is 1. The lowest BCUT2D eigenvalue weighted by atomic mass is 10.0. The zero-order valence-corrected chi connectivity index (χ0v) is 21.4. The second kappa shape index (κ2) is 11.7. The van der Waals surface area contributed by atoms with Crippen molar-refractivity contribution >= 4 is 10.0 Å². The molecule has 1 aromatic carbocycles. The van der Waals surface area contributed by atoms with E-state index < -0.39 is 16.1 Å². The topological polar surface area (TPSA) is 70.1 Å². The highest BCUT2D eigenvalue weighted by Crippen LogP contribution is 2.34. The van der Waals surface area contributed by atoms with Crippen molar-refractivity contribution in [3.05, 3.63) is 23.8 Å². The van der Waals surface area contributed by atoms with E-state index in [2.05, 4.69) is 30.7 Å². The summed E-state index contributed by atoms with van der Waals surface area (Å²) in [5.41, 5.74) is 0.755. The molecule has 1 heterocycles. The lowest BCUT2D eigenvalue weighted by Crippen LogP contribution is -2.49. The van der Waals surface area contributed by atoms with E-state index in [9.17, 15) is 13.5 Å². The van der Waals surface area contributed by atoms with E-state index in [0.29, 0.717) is 12.3 Å². The Balaban J connectivity index is 1.94. The van der Waals surface area contributed by atoms with Gasteiger partial charge in [-0.2, -0.15) is 4.31 Å². The molecule has 33 heavy (non-hydrogen) atoms. The van der Waals surface area contributed by atoms with Gasteiger partial charge in [0.15, 0.2) is 0 Å². The van der Waals surface area contributed by atoms with Gasteiger partial charge < -0.3 is 14.7 Å². The number of sulfonamides is 1. The number of benzene rings is 1. The minimum Gasteiger partial charge on any atom is -0.487 e. The second-order valence-electron chi connectivity index (χ2n) is 9.82. The fourth-order valence-electron chi connectivity index (χ4n) is 4.83. The van der Waals surface area contributed by atoms with Gasteiger partial charge in [0, 0.05) is 43.6 Å². The maximum Gasteiger partial charge on any atom is 0.247 e. The molecular formula is C26H40N2O4S. The number of fused-ring (bicyclic) bond motifs is 1. The molecule has 0 spiro atoms. The molecule has 0 unspecified atom stereocenters. The van der Waals surface area contributed by atoms with Crippen molar-refractivity contribution < 1.29 is 18.3 Å². The fraction of sp³-hybridized carbons (Fsp3) is 0.692. The molecule has 3 atom stereocenters. The molecule has 1 fully saturated rings. The third kappa shape index (κ3) is 6.51. The van der Waals surface area contributed by atoms with Crippen LogP contribution in [0.15, 0.2) is 23.1 Å². The van der Waals surface area contributed by atoms with E-state index in [-0.39, 0.29) is 23.5 Å². The summed E-state index contributed by atoms with van der Waals surface area (Å²) < 4.78 is 35.0. The van der Waals surface area contributed by atoms with Gasteiger partial charge in [-0.1, -0.05) is 38.5 Å². The van der Waals surface area contributed by atoms with Gasteiger partial charge in [-0.15, -0.1) is 0 Å². The van der Waals surface area contributed by atoms with Gasteiger partial charge in [-0.05, 0) is 57.4 Å². The predicted molar refractivity (Wildman–Crippen MR) is 132 cm³/mol. The van der Waals surface area contributed by atoms with Crippen LogP contribution in [-0.4, -0.2) is 68.2 Å². The smallest absolute Gasteiger partial charge is 0.247 e. The van der Waals surface area contributed by atoms with E-state index in [4.69, 9.17) is 4.74 Å². The summed E-state index contributed by atoms with van der Waals surface area (Å²) in [6.45, 7) is 7.71. The molecule has 1 aliphatic heterocycles. The van der Waals surface area contributed by atoms with Crippen LogP contribution < -0.4 is 4.74 Å². The SMILES string of the molecule is CCCC#Cc1ccc2c(c1)O[C@@H](CN(C)CC1CCCC1)[C@H](C)CN([C@H](C)CO)S2(=O)=O. The maximum absolute atomic E-state index is 13.5. The fourth-order valence-corrected chi connectivity index (χ4v) is 6.65. The highest BCUT2D eigenvalue weighted by Gasteiger charge is 2.38. The predicted octanol–water partition coefficient (Wildman–Crippen LogP) is 3.73. The molecule has 0 radical (unpaired) electrons. The number of likely N-dealkylation sites (N-methyl/N-ethyl adjacent to an activating group) is 1. The van der Waals surface area contributed by atoms with Gasteiger partial charge in [-0.25, -0.2) is 8.42 Å². The van der Waals surface area contributed by atoms with Crippen LogP contribution >= 0.6 is 0 Å². The maximum atomic E-state index is 13.5. The van der Waals surface area contributed by atoms with Gasteiger partial charge in [0.1, 0.15) is 16.7 Å². The number of ether oxygens (including phenoxy) is 1. The van der Waals surface area contributed by atoms with Gasteiger partial charge >= 0.3 is 0 Å². The van der Waals surface area contributed by atoms with Gasteiger partial charge in [0.25, 0.3) is 0 Å². The quantitative estimate of drug-likeness (QED) is 0.608. The number of rotatable bonds is 7. The van der Waals surface area contributed by atoms with Crippen LogP contribution in [-0.2, 0) is 10.0 Å². The number of hydrogen-bond donors (Lipinski definition) is 1. The van der Waals surface area contributed by atoms with Crippen LogP contribution in [0.3, 0.4) is 0 Å². The minimum atomic E-state index is -3.81. The number of hydrogen-bond acceptors (Lipinski definition) is 5. The summed E-state index contributed by atoms with van der Waals surface area (Å²) >= 11 is 0. The Morgan fingerprint density at radius 2 is 2.00 bits per heavy atom. The Kier molecular flexibility index (Phi) is 9.23. The van der Waals surface area contributed by atoms with Crippen LogP contribution in [0.4, 0.5) is 0 Å². The first-order chi connectivity index (χ1) is 15.8. The molecule has 184 valence electrons. The standard InChI is InChI=1S/C26H40N2O4S/c1-5-6-7-10-22-13-14-26-24(15-22)32-25(18-27(4)17-23-11-8-9-12-23)20(2)16-28(21(3)19-29)33(26,30)31/h13-15,20-21,23,25,29H,5-6,8-9,11-12,16-19H2,1-4H3/t20-,21-,25+/m1/s1. The van der Waals surface area contributed by atoms with Crippen molar-refractivity contribution in [1.82, 2.24) is 9.21 Å². The monoisotopic (exact) mass is 476 g/mol. The summed E-state index contributed by atoms with van der Waals surface area (Å²) in [5.74, 6) is 7.31. The molecule has 0 bridgehead atoms. The van der Waals surface area contributed by atoms with Crippen LogP contribution in [0.25, 0.3) is 0 Å². The highest BCUT2D eigenvalue weighted by molar-refractivity contribution is 7.89. The van der Waals surface area contributed by atoms with E-state index >= 15 is 0 Å². The van der Waals surface area contributed by atoms with Crippen LogP contribution in [0, 0.1) is 23.7 Å². The van der Waals surface area contributed by atoms with E-state index in [0.717, 1.165) is 37.4 Å². The van der Waals surface area contributed by atoms with Crippen LogP contribution in [0.2, 0.25) is 0 Å². The Morgan fingerprint density at radius 1 is 1.27 bits per heavy atom. The molecule has 1 aromatic rings. The normalized spacial score (nSPS) is 24.3. The molecule has 7 heteroatoms. The number of aliphatic hydroxyl groups excluding tert-OH is 1. The molecule has 0 saturated heterocycles. The van der Waals surface area contributed by atoms with Gasteiger partial charge in [0.2, 0.25) is 10.0 Å². The highest BCUT2D eigenvalue weighted by atomic mass is 32.2. The Labute approximate surface area is 200 Å². The Morgan fingerprint density at radius 3 is 2.67 bits per heavy atom. The summed E-state index contributed by atoms with van der Waals surface area (Å²) in [6.07, 6.45) is 6.80. The average Bonchev–Trinajstić information content (AvgIpc) is 3.28. The van der Waals surface area contributed by atoms with Crippen molar-refractivity contribution in [3.8, 4) is 17.6 Å². The van der Waals surface area contributed by atoms with Crippen LogP contribution in [0.5, 0.6) is 5.75 Å². The van der Waals surface area contributed by atoms with Crippen molar-refractivity contribution in [1.29, 1.82) is 0 Å². The Bertz CT molecular complexity index is 947. The molecular weight excluding hydrogens is 436 g/mol. The number of aliphatic hydroxyl groups is 1. The molecule has 1 N–H and O–H groups in total. The lowest BCUT2D eigenvalue weighted by molar-refractivity contribution is 0.0712. The molecule has 3 rings (SSSR count). The van der Waals surface area contributed by atoms with E-state index in [1.165, 1.54) is 30.0 Å². The van der Waals surface area contributed by atoms with Crippen molar-refractivity contribution in [2.45, 2.75) is 76.3 Å². The molecule has 2 aliphatic rings. The first-order valence-electron chi connectivity index (χ1n) is 12.4. The first-order valence-corrected chi connectivity index (χ1v) is 13.8. The first kappa shape index (κ1) is 26.0. The van der Waals surface area contributed by atoms with Gasteiger partial charge in [0.05, 0.1) is 6.61 Å². The molecule has 0 amide bonds. The molecule has 1 aliphatic carbocycles. The Hall–Kier alpha value is -1.59. The summed E-state index contributed by atoms with van der Waals surface area (Å²) in [7, 11) is -1.68. The van der Waals surface area contributed by atoms with Crippen molar-refractivity contribution in [2.75, 3.05) is 33.3 Å². The molecule has 6 nitrogen and oxygen atoms in total. The third-order valence-corrected chi connectivity index (χ3v) is 8.83. The number of nitrogens with zero attached hydrogens (tertiary/aromatic N) is 2.